The van der Waals surface area contributed by atoms with Gasteiger partial charge in [0.05, 0.1) is 5.69 Å². The van der Waals surface area contributed by atoms with Gasteiger partial charge in [-0.25, -0.2) is 0 Å². The molecule has 2 aliphatic rings. The number of likely N-dealkylation sites (tertiary alicyclic amines) is 1. The Morgan fingerprint density at radius 3 is 2.52 bits per heavy atom. The number of carbonyl (C=O) groups excluding carboxylic acids is 2. The maximum atomic E-state index is 12.4. The Bertz CT molecular complexity index is 1020. The van der Waals surface area contributed by atoms with Crippen molar-refractivity contribution in [3.05, 3.63) is 55.7 Å². The molecule has 1 aliphatic heterocycles. The van der Waals surface area contributed by atoms with Crippen LogP contribution >= 0.6 is 31.9 Å². The number of amides is 2. The van der Waals surface area contributed by atoms with Crippen molar-refractivity contribution in [3.63, 3.8) is 0 Å². The highest BCUT2D eigenvalue weighted by Crippen LogP contribution is 2.46. The number of phenolic OH excluding ortho intramolecular Hbond substituents is 1. The van der Waals surface area contributed by atoms with Crippen LogP contribution in [-0.4, -0.2) is 39.9 Å². The Labute approximate surface area is 198 Å². The minimum Gasteiger partial charge on any atom is -0.508 e. The summed E-state index contributed by atoms with van der Waals surface area (Å²) in [5.41, 5.74) is 9.85. The first-order chi connectivity index (χ1) is 14.8. The van der Waals surface area contributed by atoms with Gasteiger partial charge < -0.3 is 15.7 Å². The first-order valence-electron chi connectivity index (χ1n) is 10.5. The first kappa shape index (κ1) is 22.3. The average molecular weight is 551 g/mol. The Balaban J connectivity index is 1.64. The van der Waals surface area contributed by atoms with E-state index in [0.29, 0.717) is 19.0 Å². The van der Waals surface area contributed by atoms with Crippen LogP contribution < -0.4 is 5.73 Å². The van der Waals surface area contributed by atoms with E-state index in [2.05, 4.69) is 37.9 Å². The highest BCUT2D eigenvalue weighted by atomic mass is 79.9. The van der Waals surface area contributed by atoms with Crippen LogP contribution in [0.2, 0.25) is 0 Å². The molecule has 2 amide bonds. The van der Waals surface area contributed by atoms with Gasteiger partial charge >= 0.3 is 0 Å². The van der Waals surface area contributed by atoms with E-state index in [1.807, 2.05) is 17.2 Å². The third-order valence-corrected chi connectivity index (χ3v) is 7.48. The largest absolute Gasteiger partial charge is 0.508 e. The number of aryl methyl sites for hydroxylation is 2. The van der Waals surface area contributed by atoms with Gasteiger partial charge in [0, 0.05) is 47.0 Å². The molecule has 1 aromatic heterocycles. The summed E-state index contributed by atoms with van der Waals surface area (Å²) in [6.07, 6.45) is 5.55. The molecule has 0 unspecified atom stereocenters. The van der Waals surface area contributed by atoms with Gasteiger partial charge in [-0.15, -0.1) is 0 Å². The van der Waals surface area contributed by atoms with Crippen molar-refractivity contribution < 1.29 is 14.7 Å². The summed E-state index contributed by atoms with van der Waals surface area (Å²) in [7, 11) is 0. The summed E-state index contributed by atoms with van der Waals surface area (Å²) < 4.78 is 1.87. The van der Waals surface area contributed by atoms with E-state index in [0.717, 1.165) is 45.9 Å². The van der Waals surface area contributed by atoms with E-state index in [1.165, 1.54) is 11.1 Å². The molecule has 1 aliphatic carbocycles. The van der Waals surface area contributed by atoms with Gasteiger partial charge in [-0.2, -0.15) is 0 Å². The van der Waals surface area contributed by atoms with Crippen LogP contribution in [0.15, 0.2) is 33.3 Å². The van der Waals surface area contributed by atoms with Crippen molar-refractivity contribution in [2.24, 2.45) is 11.7 Å². The predicted octanol–water partition coefficient (Wildman–Crippen LogP) is 4.05. The number of halogens is 2. The lowest BCUT2D eigenvalue weighted by molar-refractivity contribution is -0.134. The smallest absolute Gasteiger partial charge is 0.223 e. The van der Waals surface area contributed by atoms with Gasteiger partial charge in [0.2, 0.25) is 11.8 Å². The van der Waals surface area contributed by atoms with Crippen LogP contribution in [0.3, 0.4) is 0 Å². The number of phenols is 1. The topological polar surface area (TPSA) is 96.5 Å². The number of primary amides is 1. The van der Waals surface area contributed by atoms with Crippen LogP contribution in [0.1, 0.15) is 54.0 Å². The molecule has 0 bridgehead atoms. The summed E-state index contributed by atoms with van der Waals surface area (Å²) in [5.74, 6) is 0.232. The van der Waals surface area contributed by atoms with E-state index in [4.69, 9.17) is 10.7 Å². The molecule has 0 spiro atoms. The Kier molecular flexibility index (Phi) is 6.67. The van der Waals surface area contributed by atoms with Crippen molar-refractivity contribution in [3.8, 4) is 5.75 Å². The van der Waals surface area contributed by atoms with Crippen LogP contribution in [0.25, 0.3) is 0 Å². The van der Waals surface area contributed by atoms with E-state index in [9.17, 15) is 14.7 Å². The molecule has 1 fully saturated rings. The zero-order valence-corrected chi connectivity index (χ0v) is 20.3. The number of fused-ring (bicyclic) bond motifs is 2. The number of hydrogen-bond donors (Lipinski definition) is 2. The normalized spacial score (nSPS) is 18.8. The second-order valence-corrected chi connectivity index (χ2v) is 10.1. The van der Waals surface area contributed by atoms with Gasteiger partial charge in [-0.05, 0) is 82.4 Å². The first-order valence-corrected chi connectivity index (χ1v) is 12.1. The zero-order valence-electron chi connectivity index (χ0n) is 17.1. The van der Waals surface area contributed by atoms with Crippen molar-refractivity contribution >= 4 is 43.7 Å². The van der Waals surface area contributed by atoms with E-state index in [1.54, 1.807) is 6.07 Å². The second-order valence-electron chi connectivity index (χ2n) is 8.36. The van der Waals surface area contributed by atoms with E-state index >= 15 is 0 Å². The van der Waals surface area contributed by atoms with Gasteiger partial charge in [0.15, 0.2) is 0 Å². The number of rotatable bonds is 4. The van der Waals surface area contributed by atoms with Crippen LogP contribution in [-0.2, 0) is 22.4 Å². The van der Waals surface area contributed by atoms with Crippen LogP contribution in [0.4, 0.5) is 0 Å². The van der Waals surface area contributed by atoms with Crippen molar-refractivity contribution in [2.75, 3.05) is 13.1 Å². The molecule has 0 radical (unpaired) electrons. The number of nitrogens with zero attached hydrogens (tertiary/aromatic N) is 2. The SMILES string of the molecule is NC(=O)CCC(=O)N1CCC([C@H]2c3ncc(Br)cc3CCc3cc(O)cc(Br)c32)CC1. The number of nitrogens with two attached hydrogens (primary N) is 1. The maximum Gasteiger partial charge on any atom is 0.223 e. The second kappa shape index (κ2) is 9.28. The van der Waals surface area contributed by atoms with Crippen molar-refractivity contribution in [1.82, 2.24) is 9.88 Å². The van der Waals surface area contributed by atoms with Crippen LogP contribution in [0.5, 0.6) is 5.75 Å². The fourth-order valence-corrected chi connectivity index (χ4v) is 6.04. The molecule has 1 saturated heterocycles. The number of carbonyl (C=O) groups is 2. The molecule has 6 nitrogen and oxygen atoms in total. The quantitative estimate of drug-likeness (QED) is 0.600. The van der Waals surface area contributed by atoms with Crippen molar-refractivity contribution in [2.45, 2.75) is 44.4 Å². The number of aromatic hydroxyl groups is 1. The lowest BCUT2D eigenvalue weighted by Crippen LogP contribution is -2.40. The number of aromatic nitrogens is 1. The molecule has 4 rings (SSSR count). The van der Waals surface area contributed by atoms with Crippen molar-refractivity contribution in [1.29, 1.82) is 0 Å². The molecule has 164 valence electrons. The highest BCUT2D eigenvalue weighted by Gasteiger charge is 2.36. The Hall–Kier alpha value is -1.93. The molecule has 31 heavy (non-hydrogen) atoms. The molecular formula is C23H25Br2N3O3. The summed E-state index contributed by atoms with van der Waals surface area (Å²) >= 11 is 7.26. The molecular weight excluding hydrogens is 526 g/mol. The molecule has 3 N–H and O–H groups in total. The lowest BCUT2D eigenvalue weighted by atomic mass is 9.76. The summed E-state index contributed by atoms with van der Waals surface area (Å²) in [6.45, 7) is 1.32. The van der Waals surface area contributed by atoms with Gasteiger partial charge in [0.1, 0.15) is 5.75 Å². The standard InChI is InChI=1S/C23H25Br2N3O3/c24-16-9-15-2-1-14-10-17(29)11-18(25)21(14)22(23(15)27-12-16)13-5-7-28(8-6-13)20(31)4-3-19(26)30/h9-13,22,29H,1-8H2,(H2,26,30)/t22-/m1/s1. The summed E-state index contributed by atoms with van der Waals surface area (Å²) in [5, 5.41) is 10.2. The molecule has 1 aromatic carbocycles. The number of piperidine rings is 1. The Morgan fingerprint density at radius 1 is 1.10 bits per heavy atom. The Morgan fingerprint density at radius 2 is 1.81 bits per heavy atom. The molecule has 2 aromatic rings. The molecule has 1 atom stereocenters. The minimum atomic E-state index is -0.444. The number of hydrogen-bond acceptors (Lipinski definition) is 4. The van der Waals surface area contributed by atoms with Gasteiger partial charge in [-0.3, -0.25) is 14.6 Å². The third kappa shape index (κ3) is 4.80. The summed E-state index contributed by atoms with van der Waals surface area (Å²) in [4.78, 5) is 30.1. The number of pyridine rings is 1. The number of benzene rings is 1. The predicted molar refractivity (Wildman–Crippen MR) is 125 cm³/mol. The average Bonchev–Trinajstić information content (AvgIpc) is 2.89. The van der Waals surface area contributed by atoms with Gasteiger partial charge in [0.25, 0.3) is 0 Å². The molecule has 2 heterocycles. The monoisotopic (exact) mass is 549 g/mol. The lowest BCUT2D eigenvalue weighted by Gasteiger charge is -2.37. The third-order valence-electron chi connectivity index (χ3n) is 6.39. The minimum absolute atomic E-state index is 0.00734. The van der Waals surface area contributed by atoms with E-state index < -0.39 is 5.91 Å². The fourth-order valence-electron chi connectivity index (χ4n) is 4.92. The summed E-state index contributed by atoms with van der Waals surface area (Å²) in [6, 6.07) is 5.78. The molecule has 8 heteroatoms. The highest BCUT2D eigenvalue weighted by molar-refractivity contribution is 9.10. The maximum absolute atomic E-state index is 12.4. The fraction of sp³-hybridized carbons (Fsp3) is 0.435. The van der Waals surface area contributed by atoms with Crippen LogP contribution in [0, 0.1) is 5.92 Å². The zero-order chi connectivity index (χ0) is 22.1. The van der Waals surface area contributed by atoms with Gasteiger partial charge in [-0.1, -0.05) is 15.9 Å². The molecule has 0 saturated carbocycles. The van der Waals surface area contributed by atoms with E-state index in [-0.39, 0.29) is 30.4 Å².